The van der Waals surface area contributed by atoms with Gasteiger partial charge in [0.1, 0.15) is 17.4 Å². The standard InChI is InChI=1S/C30H29F3N2O5S.ClH/c1-39-27-7-4-19(16-26(27)33)29-28(20-14-21(31)17-22(32)15-20)24-6-5-23(18-25(24)30(29)36)40-13-3-8-34-9-11-35(12-10-34)41(2,37)38;/h4-7,14-18H,3,8-13H2,1-2H3;1H. The van der Waals surface area contributed by atoms with Crippen LogP contribution in [0.3, 0.4) is 0 Å². The van der Waals surface area contributed by atoms with Gasteiger partial charge in [-0.05, 0) is 65.6 Å². The second-order valence-electron chi connectivity index (χ2n) is 10.00. The second kappa shape index (κ2) is 12.9. The lowest BCUT2D eigenvalue weighted by atomic mass is 9.94. The van der Waals surface area contributed by atoms with Crippen molar-refractivity contribution in [3.63, 3.8) is 0 Å². The number of carbonyl (C=O) groups is 1. The number of piperazine rings is 1. The molecule has 42 heavy (non-hydrogen) atoms. The van der Waals surface area contributed by atoms with Crippen LogP contribution in [0.5, 0.6) is 11.5 Å². The number of allylic oxidation sites excluding steroid dienone is 1. The van der Waals surface area contributed by atoms with E-state index in [0.717, 1.165) is 24.7 Å². The van der Waals surface area contributed by atoms with Crippen LogP contribution in [0.25, 0.3) is 11.1 Å². The summed E-state index contributed by atoms with van der Waals surface area (Å²) in [6.45, 7) is 3.29. The number of ether oxygens (including phenoxy) is 2. The number of hydrogen-bond donors (Lipinski definition) is 0. The molecule has 1 fully saturated rings. The van der Waals surface area contributed by atoms with Gasteiger partial charge in [-0.25, -0.2) is 21.6 Å². The van der Waals surface area contributed by atoms with E-state index in [1.54, 1.807) is 18.2 Å². The summed E-state index contributed by atoms with van der Waals surface area (Å²) in [5.41, 5.74) is 1.57. The van der Waals surface area contributed by atoms with Gasteiger partial charge in [-0.15, -0.1) is 12.4 Å². The number of nitrogens with zero attached hydrogens (tertiary/aromatic N) is 2. The van der Waals surface area contributed by atoms with Crippen molar-refractivity contribution in [1.29, 1.82) is 0 Å². The third-order valence-corrected chi connectivity index (χ3v) is 8.56. The fourth-order valence-electron chi connectivity index (χ4n) is 5.26. The molecule has 0 unspecified atom stereocenters. The van der Waals surface area contributed by atoms with Crippen molar-refractivity contribution in [1.82, 2.24) is 9.21 Å². The van der Waals surface area contributed by atoms with Crippen molar-refractivity contribution in [2.75, 3.05) is 52.7 Å². The normalized spacial score (nSPS) is 15.9. The molecule has 1 aliphatic heterocycles. The molecule has 1 heterocycles. The summed E-state index contributed by atoms with van der Waals surface area (Å²) >= 11 is 0. The molecule has 0 aromatic heterocycles. The van der Waals surface area contributed by atoms with Crippen LogP contribution >= 0.6 is 12.4 Å². The number of Topliss-reactive ketones (excluding diaryl/α,β-unsaturated/α-hetero) is 1. The van der Waals surface area contributed by atoms with E-state index in [9.17, 15) is 26.4 Å². The molecule has 0 atom stereocenters. The Balaban J connectivity index is 0.00000405. The van der Waals surface area contributed by atoms with Crippen molar-refractivity contribution in [3.05, 3.63) is 94.3 Å². The molecule has 12 heteroatoms. The molecule has 1 saturated heterocycles. The third-order valence-electron chi connectivity index (χ3n) is 7.26. The van der Waals surface area contributed by atoms with Crippen molar-refractivity contribution < 1.29 is 35.9 Å². The van der Waals surface area contributed by atoms with E-state index in [0.29, 0.717) is 56.1 Å². The molecule has 0 radical (unpaired) electrons. The Hall–Kier alpha value is -3.38. The molecule has 0 N–H and O–H groups in total. The molecular formula is C30H30ClF3N2O5S. The van der Waals surface area contributed by atoms with Gasteiger partial charge in [0.2, 0.25) is 10.0 Å². The molecule has 0 bridgehead atoms. The van der Waals surface area contributed by atoms with Crippen molar-refractivity contribution in [3.8, 4) is 11.5 Å². The molecule has 0 saturated carbocycles. The van der Waals surface area contributed by atoms with E-state index in [1.165, 1.54) is 35.9 Å². The van der Waals surface area contributed by atoms with Gasteiger partial charge in [0.25, 0.3) is 0 Å². The second-order valence-corrected chi connectivity index (χ2v) is 12.0. The summed E-state index contributed by atoms with van der Waals surface area (Å²) in [6, 6.07) is 12.1. The third kappa shape index (κ3) is 6.64. The van der Waals surface area contributed by atoms with Crippen LogP contribution < -0.4 is 9.47 Å². The minimum absolute atomic E-state index is 0. The topological polar surface area (TPSA) is 76.2 Å². The highest BCUT2D eigenvalue weighted by atomic mass is 35.5. The highest BCUT2D eigenvalue weighted by Crippen LogP contribution is 2.44. The summed E-state index contributed by atoms with van der Waals surface area (Å²) in [7, 11) is -1.85. The Morgan fingerprint density at radius 3 is 2.14 bits per heavy atom. The Morgan fingerprint density at radius 2 is 1.52 bits per heavy atom. The number of rotatable bonds is 9. The average molecular weight is 623 g/mol. The van der Waals surface area contributed by atoms with Gasteiger partial charge < -0.3 is 14.4 Å². The van der Waals surface area contributed by atoms with Gasteiger partial charge in [0.15, 0.2) is 17.3 Å². The number of hydrogen-bond acceptors (Lipinski definition) is 6. The molecule has 7 nitrogen and oxygen atoms in total. The first-order valence-corrected chi connectivity index (χ1v) is 14.9. The van der Waals surface area contributed by atoms with Gasteiger partial charge in [0, 0.05) is 55.5 Å². The van der Waals surface area contributed by atoms with Crippen LogP contribution in [0.2, 0.25) is 0 Å². The van der Waals surface area contributed by atoms with Crippen LogP contribution in [-0.4, -0.2) is 76.1 Å². The quantitative estimate of drug-likeness (QED) is 0.312. The SMILES string of the molecule is COc1ccc(C2=C(c3cc(F)cc(F)c3)c3ccc(OCCCN4CCN(S(C)(=O)=O)CC4)cc3C2=O)cc1F.Cl. The minimum Gasteiger partial charge on any atom is -0.494 e. The Kier molecular flexibility index (Phi) is 9.67. The summed E-state index contributed by atoms with van der Waals surface area (Å²) in [6.07, 6.45) is 1.90. The minimum atomic E-state index is -3.18. The molecule has 5 rings (SSSR count). The predicted octanol–water partition coefficient (Wildman–Crippen LogP) is 5.04. The van der Waals surface area contributed by atoms with Gasteiger partial charge in [-0.3, -0.25) is 4.79 Å². The zero-order valence-corrected chi connectivity index (χ0v) is 24.7. The van der Waals surface area contributed by atoms with Crippen LogP contribution in [0.1, 0.15) is 33.5 Å². The zero-order chi connectivity index (χ0) is 29.3. The van der Waals surface area contributed by atoms with E-state index in [2.05, 4.69) is 4.90 Å². The number of carbonyl (C=O) groups excluding carboxylic acids is 1. The Labute approximate surface area is 249 Å². The maximum absolute atomic E-state index is 14.6. The molecule has 3 aromatic rings. The number of methoxy groups -OCH3 is 1. The lowest BCUT2D eigenvalue weighted by molar-refractivity contribution is 0.105. The average Bonchev–Trinajstić information content (AvgIpc) is 3.22. The van der Waals surface area contributed by atoms with Crippen LogP contribution in [0, 0.1) is 17.5 Å². The number of fused-ring (bicyclic) bond motifs is 1. The highest BCUT2D eigenvalue weighted by Gasteiger charge is 2.33. The van der Waals surface area contributed by atoms with Gasteiger partial charge in [-0.1, -0.05) is 6.07 Å². The first-order valence-electron chi connectivity index (χ1n) is 13.1. The van der Waals surface area contributed by atoms with Crippen LogP contribution in [0.15, 0.2) is 54.6 Å². The molecule has 1 aliphatic carbocycles. The van der Waals surface area contributed by atoms with E-state index >= 15 is 0 Å². The largest absolute Gasteiger partial charge is 0.494 e. The number of ketones is 1. The predicted molar refractivity (Wildman–Crippen MR) is 156 cm³/mol. The lowest BCUT2D eigenvalue weighted by Crippen LogP contribution is -2.48. The van der Waals surface area contributed by atoms with Crippen molar-refractivity contribution in [2.45, 2.75) is 6.42 Å². The summed E-state index contributed by atoms with van der Waals surface area (Å²) in [5, 5.41) is 0. The van der Waals surface area contributed by atoms with Crippen LogP contribution in [-0.2, 0) is 10.0 Å². The van der Waals surface area contributed by atoms with Gasteiger partial charge in [-0.2, -0.15) is 4.31 Å². The highest BCUT2D eigenvalue weighted by molar-refractivity contribution is 7.88. The molecular weight excluding hydrogens is 593 g/mol. The number of sulfonamides is 1. The molecule has 0 spiro atoms. The fraction of sp³-hybridized carbons (Fsp3) is 0.300. The van der Waals surface area contributed by atoms with Crippen molar-refractivity contribution in [2.24, 2.45) is 0 Å². The summed E-state index contributed by atoms with van der Waals surface area (Å²) < 4.78 is 78.8. The first-order chi connectivity index (χ1) is 19.5. The maximum atomic E-state index is 14.6. The smallest absolute Gasteiger partial charge is 0.211 e. The Bertz CT molecular complexity index is 1620. The van der Waals surface area contributed by atoms with Gasteiger partial charge in [0.05, 0.1) is 20.0 Å². The van der Waals surface area contributed by atoms with Crippen LogP contribution in [0.4, 0.5) is 13.2 Å². The summed E-state index contributed by atoms with van der Waals surface area (Å²) in [5.74, 6) is -2.24. The van der Waals surface area contributed by atoms with Crippen molar-refractivity contribution >= 4 is 39.4 Å². The molecule has 0 amide bonds. The molecule has 224 valence electrons. The zero-order valence-electron chi connectivity index (χ0n) is 23.0. The fourth-order valence-corrected chi connectivity index (χ4v) is 6.09. The molecule has 3 aromatic carbocycles. The number of halogens is 4. The maximum Gasteiger partial charge on any atom is 0.211 e. The van der Waals surface area contributed by atoms with E-state index in [-0.39, 0.29) is 40.4 Å². The first kappa shape index (κ1) is 31.6. The lowest BCUT2D eigenvalue weighted by Gasteiger charge is -2.33. The van der Waals surface area contributed by atoms with Gasteiger partial charge >= 0.3 is 0 Å². The summed E-state index contributed by atoms with van der Waals surface area (Å²) in [4.78, 5) is 15.9. The monoisotopic (exact) mass is 622 g/mol. The van der Waals surface area contributed by atoms with E-state index < -0.39 is 33.3 Å². The van der Waals surface area contributed by atoms with E-state index in [4.69, 9.17) is 9.47 Å². The van der Waals surface area contributed by atoms with E-state index in [1.807, 2.05) is 0 Å². The number of benzene rings is 3. The Morgan fingerprint density at radius 1 is 0.833 bits per heavy atom. The molecule has 2 aliphatic rings.